The van der Waals surface area contributed by atoms with Crippen LogP contribution >= 0.6 is 62.3 Å². The first-order valence-corrected chi connectivity index (χ1v) is 14.4. The average molecular weight is 742 g/mol. The number of nitrogens with zero attached hydrogens (tertiary/aromatic N) is 2. The number of carbonyl (C=O) groups excluding carboxylic acids is 2. The molecule has 3 aromatic rings. The van der Waals surface area contributed by atoms with Crippen LogP contribution < -0.4 is 14.4 Å². The molecule has 1 amide bonds. The first-order valence-electron chi connectivity index (χ1n) is 11.8. The van der Waals surface area contributed by atoms with Crippen LogP contribution in [0.15, 0.2) is 70.8 Å². The predicted molar refractivity (Wildman–Crippen MR) is 167 cm³/mol. The molecule has 11 heteroatoms. The lowest BCUT2D eigenvalue weighted by atomic mass is 10.1. The first kappa shape index (κ1) is 29.3. The van der Waals surface area contributed by atoms with Crippen molar-refractivity contribution in [2.24, 2.45) is 0 Å². The van der Waals surface area contributed by atoms with Crippen LogP contribution in [0.25, 0.3) is 6.08 Å². The van der Waals surface area contributed by atoms with Gasteiger partial charge in [-0.1, -0.05) is 39.7 Å². The van der Waals surface area contributed by atoms with Crippen molar-refractivity contribution < 1.29 is 23.8 Å². The third kappa shape index (κ3) is 6.92. The first-order chi connectivity index (χ1) is 18.7. The van der Waals surface area contributed by atoms with E-state index in [9.17, 15) is 9.59 Å². The summed E-state index contributed by atoms with van der Waals surface area (Å²) in [6, 6.07) is 18.3. The Bertz CT molecular complexity index is 1430. The van der Waals surface area contributed by atoms with Gasteiger partial charge in [-0.3, -0.25) is 14.5 Å². The quantitative estimate of drug-likeness (QED) is 0.103. The Morgan fingerprint density at radius 2 is 1.79 bits per heavy atom. The molecule has 39 heavy (non-hydrogen) atoms. The largest absolute Gasteiger partial charge is 0.490 e. The summed E-state index contributed by atoms with van der Waals surface area (Å²) in [5.41, 5.74) is 2.45. The van der Waals surface area contributed by atoms with Crippen molar-refractivity contribution in [1.82, 2.24) is 4.90 Å². The summed E-state index contributed by atoms with van der Waals surface area (Å²) in [5, 5.41) is 0.687. The fourth-order valence-electron chi connectivity index (χ4n) is 3.81. The highest BCUT2D eigenvalue weighted by Crippen LogP contribution is 2.37. The van der Waals surface area contributed by atoms with E-state index in [1.807, 2.05) is 37.3 Å². The number of amides is 1. The van der Waals surface area contributed by atoms with E-state index in [-0.39, 0.29) is 23.3 Å². The van der Waals surface area contributed by atoms with Crippen LogP contribution in [0.2, 0.25) is 5.02 Å². The molecule has 0 bridgehead atoms. The van der Waals surface area contributed by atoms with E-state index in [0.717, 1.165) is 13.6 Å². The fourth-order valence-corrected chi connectivity index (χ4v) is 5.34. The van der Waals surface area contributed by atoms with Gasteiger partial charge in [-0.2, -0.15) is 0 Å². The van der Waals surface area contributed by atoms with Crippen LogP contribution in [0.3, 0.4) is 0 Å². The zero-order chi connectivity index (χ0) is 28.1. The van der Waals surface area contributed by atoms with E-state index in [1.54, 1.807) is 36.4 Å². The van der Waals surface area contributed by atoms with Crippen molar-refractivity contribution in [1.29, 1.82) is 0 Å². The van der Waals surface area contributed by atoms with Crippen LogP contribution in [0, 0.1) is 3.57 Å². The molecule has 0 aliphatic carbocycles. The maximum atomic E-state index is 13.6. The minimum Gasteiger partial charge on any atom is -0.490 e. The van der Waals surface area contributed by atoms with Crippen molar-refractivity contribution in [3.05, 3.63) is 90.6 Å². The summed E-state index contributed by atoms with van der Waals surface area (Å²) in [5.74, 6) is 0.227. The number of hydrogen-bond donors (Lipinski definition) is 0. The topological polar surface area (TPSA) is 68.3 Å². The number of benzene rings is 3. The number of thiocarbonyl (C=S) groups is 1. The Morgan fingerprint density at radius 3 is 2.44 bits per heavy atom. The Hall–Kier alpha value is -2.67. The molecule has 0 atom stereocenters. The molecule has 1 saturated heterocycles. The monoisotopic (exact) mass is 740 g/mol. The molecule has 4 rings (SSSR count). The molecule has 0 unspecified atom stereocenters. The second-order valence-corrected chi connectivity index (χ2v) is 11.1. The molecule has 1 heterocycles. The van der Waals surface area contributed by atoms with Gasteiger partial charge in [-0.05, 0) is 107 Å². The summed E-state index contributed by atoms with van der Waals surface area (Å²) >= 11 is 17.3. The molecule has 1 fully saturated rings. The highest BCUT2D eigenvalue weighted by Gasteiger charge is 2.40. The molecule has 1 aliphatic heterocycles. The van der Waals surface area contributed by atoms with Crippen molar-refractivity contribution in [2.45, 2.75) is 13.5 Å². The van der Waals surface area contributed by atoms with Gasteiger partial charge in [0.05, 0.1) is 23.0 Å². The van der Waals surface area contributed by atoms with Crippen molar-refractivity contribution >= 4 is 91.1 Å². The normalized spacial score (nSPS) is 14.2. The maximum Gasteiger partial charge on any atom is 0.325 e. The highest BCUT2D eigenvalue weighted by molar-refractivity contribution is 14.1. The third-order valence-electron chi connectivity index (χ3n) is 5.67. The van der Waals surface area contributed by atoms with E-state index in [0.29, 0.717) is 41.0 Å². The van der Waals surface area contributed by atoms with Crippen molar-refractivity contribution in [2.75, 3.05) is 25.2 Å². The molecule has 0 aromatic heterocycles. The zero-order valence-electron chi connectivity index (χ0n) is 20.9. The number of esters is 1. The van der Waals surface area contributed by atoms with Crippen molar-refractivity contribution in [3.63, 3.8) is 0 Å². The molecule has 202 valence electrons. The van der Waals surface area contributed by atoms with Gasteiger partial charge in [-0.25, -0.2) is 0 Å². The number of ether oxygens (including phenoxy) is 3. The number of hydrogen-bond acceptors (Lipinski definition) is 6. The Labute approximate surface area is 258 Å². The summed E-state index contributed by atoms with van der Waals surface area (Å²) in [7, 11) is 1.29. The molecule has 3 aromatic carbocycles. The van der Waals surface area contributed by atoms with E-state index < -0.39 is 5.97 Å². The van der Waals surface area contributed by atoms with Gasteiger partial charge in [-0.15, -0.1) is 0 Å². The molecule has 1 aliphatic rings. The lowest BCUT2D eigenvalue weighted by Crippen LogP contribution is -2.35. The zero-order valence-corrected chi connectivity index (χ0v) is 26.3. The molecule has 0 N–H and O–H groups in total. The minimum atomic E-state index is -0.532. The SMILES string of the molecule is CCOc1cc(/C=C2/C(=O)N(c3ccc(Cl)cc3)C(=S)N2CC(=O)OC)cc(I)c1OCc1ccc(Br)cc1. The maximum absolute atomic E-state index is 13.6. The lowest BCUT2D eigenvalue weighted by molar-refractivity contribution is -0.140. The van der Waals surface area contributed by atoms with Gasteiger partial charge in [0.25, 0.3) is 5.91 Å². The Kier molecular flexibility index (Phi) is 9.86. The molecule has 0 saturated carbocycles. The van der Waals surface area contributed by atoms with Crippen LogP contribution in [0.5, 0.6) is 11.5 Å². The molecule has 7 nitrogen and oxygen atoms in total. The predicted octanol–water partition coefficient (Wildman–Crippen LogP) is 6.83. The summed E-state index contributed by atoms with van der Waals surface area (Å²) in [6.45, 7) is 2.45. The Morgan fingerprint density at radius 1 is 1.10 bits per heavy atom. The highest BCUT2D eigenvalue weighted by atomic mass is 127. The number of rotatable bonds is 9. The minimum absolute atomic E-state index is 0.160. The van der Waals surface area contributed by atoms with Gasteiger partial charge >= 0.3 is 5.97 Å². The fraction of sp³-hybridized carbons (Fsp3) is 0.179. The summed E-state index contributed by atoms with van der Waals surface area (Å²) in [4.78, 5) is 28.7. The average Bonchev–Trinajstić information content (AvgIpc) is 3.13. The number of carbonyl (C=O) groups is 2. The van der Waals surface area contributed by atoms with E-state index in [2.05, 4.69) is 38.5 Å². The van der Waals surface area contributed by atoms with Gasteiger partial charge < -0.3 is 19.1 Å². The van der Waals surface area contributed by atoms with Crippen LogP contribution in [-0.2, 0) is 20.9 Å². The second kappa shape index (κ2) is 13.1. The number of halogens is 3. The van der Waals surface area contributed by atoms with Gasteiger partial charge in [0.2, 0.25) is 0 Å². The van der Waals surface area contributed by atoms with E-state index in [4.69, 9.17) is 38.0 Å². The smallest absolute Gasteiger partial charge is 0.325 e. The van der Waals surface area contributed by atoms with E-state index >= 15 is 0 Å². The Balaban J connectivity index is 1.70. The van der Waals surface area contributed by atoms with Crippen molar-refractivity contribution in [3.8, 4) is 11.5 Å². The third-order valence-corrected chi connectivity index (χ3v) is 7.65. The lowest BCUT2D eigenvalue weighted by Gasteiger charge is -2.19. The summed E-state index contributed by atoms with van der Waals surface area (Å²) < 4.78 is 18.7. The van der Waals surface area contributed by atoms with Gasteiger partial charge in [0, 0.05) is 9.50 Å². The van der Waals surface area contributed by atoms with Gasteiger partial charge in [0.1, 0.15) is 18.8 Å². The molecular weight excluding hydrogens is 719 g/mol. The van der Waals surface area contributed by atoms with Crippen LogP contribution in [0.4, 0.5) is 5.69 Å². The number of methoxy groups -OCH3 is 1. The second-order valence-electron chi connectivity index (χ2n) is 8.27. The molecular formula is C28H23BrClIN2O5S. The molecule has 0 spiro atoms. The van der Waals surface area contributed by atoms with Crippen LogP contribution in [-0.4, -0.2) is 42.2 Å². The molecule has 0 radical (unpaired) electrons. The van der Waals surface area contributed by atoms with Gasteiger partial charge in [0.15, 0.2) is 16.6 Å². The van der Waals surface area contributed by atoms with Crippen LogP contribution in [0.1, 0.15) is 18.1 Å². The standard InChI is InChI=1S/C28H23BrClIN2O5S/c1-3-37-24-14-18(12-22(31)26(24)38-16-17-4-6-19(29)7-5-17)13-23-27(35)33(21-10-8-20(30)9-11-21)28(39)32(23)15-25(34)36-2/h4-14H,3,15-16H2,1-2H3/b23-13-. The van der Waals surface area contributed by atoms with E-state index in [1.165, 1.54) is 16.9 Å². The number of anilines is 1. The summed E-state index contributed by atoms with van der Waals surface area (Å²) in [6.07, 6.45) is 1.68.